The number of nitrogens with zero attached hydrogens (tertiary/aromatic N) is 1. The molecule has 6 nitrogen and oxygen atoms in total. The Morgan fingerprint density at radius 3 is 2.59 bits per heavy atom. The van der Waals surface area contributed by atoms with Crippen molar-refractivity contribution in [1.29, 1.82) is 0 Å². The molecule has 1 amide bonds. The van der Waals surface area contributed by atoms with E-state index in [0.29, 0.717) is 22.5 Å². The molecule has 3 N–H and O–H groups in total. The van der Waals surface area contributed by atoms with Gasteiger partial charge >= 0.3 is 5.97 Å². The van der Waals surface area contributed by atoms with Crippen LogP contribution in [0.15, 0.2) is 96.2 Å². The summed E-state index contributed by atoms with van der Waals surface area (Å²) in [6, 6.07) is 3.50. The van der Waals surface area contributed by atoms with E-state index in [9.17, 15) is 14.7 Å². The van der Waals surface area contributed by atoms with E-state index in [1.54, 1.807) is 62.7 Å². The Balaban J connectivity index is 2.32. The van der Waals surface area contributed by atoms with Crippen molar-refractivity contribution in [3.63, 3.8) is 0 Å². The number of aliphatic carboxylic acids is 1. The number of carboxylic acid groups (broad SMARTS) is 1. The van der Waals surface area contributed by atoms with Crippen LogP contribution in [-0.2, 0) is 9.59 Å². The summed E-state index contributed by atoms with van der Waals surface area (Å²) in [5.41, 5.74) is 3.12. The number of allylic oxidation sites excluding steroid dienone is 7. The maximum absolute atomic E-state index is 13.0. The Bertz CT molecular complexity index is 937. The third kappa shape index (κ3) is 5.19. The van der Waals surface area contributed by atoms with Gasteiger partial charge in [-0.3, -0.25) is 9.78 Å². The zero-order valence-electron chi connectivity index (χ0n) is 16.6. The lowest BCUT2D eigenvalue weighted by atomic mass is 9.80. The van der Waals surface area contributed by atoms with Crippen molar-refractivity contribution >= 4 is 11.9 Å². The van der Waals surface area contributed by atoms with Crippen molar-refractivity contribution in [2.45, 2.75) is 19.8 Å². The molecule has 0 saturated carbocycles. The highest BCUT2D eigenvalue weighted by molar-refractivity contribution is 6.01. The quantitative estimate of drug-likeness (QED) is 0.591. The predicted octanol–water partition coefficient (Wildman–Crippen LogP) is 3.37. The van der Waals surface area contributed by atoms with Crippen molar-refractivity contribution in [3.8, 4) is 0 Å². The van der Waals surface area contributed by atoms with E-state index in [4.69, 9.17) is 0 Å². The van der Waals surface area contributed by atoms with E-state index in [2.05, 4.69) is 28.8 Å². The third-order valence-electron chi connectivity index (χ3n) is 4.49. The van der Waals surface area contributed by atoms with E-state index in [1.165, 1.54) is 0 Å². The van der Waals surface area contributed by atoms with E-state index >= 15 is 0 Å². The number of carbonyl (C=O) groups excluding carboxylic acids is 1. The molecule has 0 fully saturated rings. The zero-order valence-corrected chi connectivity index (χ0v) is 16.6. The number of aromatic nitrogens is 1. The maximum Gasteiger partial charge on any atom is 0.334 e. The van der Waals surface area contributed by atoms with Crippen LogP contribution in [0.2, 0.25) is 0 Å². The summed E-state index contributed by atoms with van der Waals surface area (Å²) in [5, 5.41) is 15.6. The van der Waals surface area contributed by atoms with Gasteiger partial charge in [0.15, 0.2) is 0 Å². The van der Waals surface area contributed by atoms with Gasteiger partial charge in [0, 0.05) is 35.9 Å². The number of carbonyl (C=O) groups is 2. The Kier molecular flexibility index (Phi) is 7.48. The molecule has 0 aliphatic carbocycles. The normalized spacial score (nSPS) is 17.2. The van der Waals surface area contributed by atoms with Crippen LogP contribution in [0.3, 0.4) is 0 Å². The molecule has 1 aliphatic rings. The average Bonchev–Trinajstić information content (AvgIpc) is 2.69. The summed E-state index contributed by atoms with van der Waals surface area (Å²) in [6.45, 7) is 11.1. The first-order valence-electron chi connectivity index (χ1n) is 9.12. The highest BCUT2D eigenvalue weighted by Crippen LogP contribution is 2.37. The summed E-state index contributed by atoms with van der Waals surface area (Å²) in [6.07, 6.45) is 11.9. The Hall–Kier alpha value is -3.67. The van der Waals surface area contributed by atoms with Crippen LogP contribution in [0.5, 0.6) is 0 Å². The SMILES string of the molecule is C=C/C=C(C=C)/C=C/CNC(=O)C1=C(C)NC(C)=C(C(=O)O)C1c1cccnc1. The fourth-order valence-electron chi connectivity index (χ4n) is 3.23. The van der Waals surface area contributed by atoms with Crippen molar-refractivity contribution < 1.29 is 14.7 Å². The average molecular weight is 391 g/mol. The van der Waals surface area contributed by atoms with E-state index < -0.39 is 11.9 Å². The minimum atomic E-state index is -1.08. The minimum absolute atomic E-state index is 0.132. The Morgan fingerprint density at radius 2 is 2.00 bits per heavy atom. The first-order chi connectivity index (χ1) is 13.9. The molecule has 1 unspecified atom stereocenters. The van der Waals surface area contributed by atoms with Gasteiger partial charge in [0.25, 0.3) is 0 Å². The van der Waals surface area contributed by atoms with Crippen LogP contribution < -0.4 is 10.6 Å². The van der Waals surface area contributed by atoms with Gasteiger partial charge in [-0.15, -0.1) is 0 Å². The van der Waals surface area contributed by atoms with Crippen LogP contribution in [-0.4, -0.2) is 28.5 Å². The molecule has 2 rings (SSSR count). The fourth-order valence-corrected chi connectivity index (χ4v) is 3.23. The van der Waals surface area contributed by atoms with Crippen molar-refractivity contribution in [2.24, 2.45) is 0 Å². The number of rotatable bonds is 8. The molecule has 1 aromatic rings. The zero-order chi connectivity index (χ0) is 21.4. The van der Waals surface area contributed by atoms with Gasteiger partial charge in [0.1, 0.15) is 0 Å². The molecule has 0 aromatic carbocycles. The van der Waals surface area contributed by atoms with Crippen molar-refractivity contribution in [3.05, 3.63) is 102 Å². The summed E-state index contributed by atoms with van der Waals surface area (Å²) in [4.78, 5) is 29.0. The number of carboxylic acids is 1. The van der Waals surface area contributed by atoms with Gasteiger partial charge in [-0.05, 0) is 31.1 Å². The molecule has 2 heterocycles. The highest BCUT2D eigenvalue weighted by atomic mass is 16.4. The van der Waals surface area contributed by atoms with Gasteiger partial charge in [0.2, 0.25) is 5.91 Å². The number of hydrogen-bond acceptors (Lipinski definition) is 4. The second kappa shape index (κ2) is 10.0. The van der Waals surface area contributed by atoms with E-state index in [1.807, 2.05) is 6.08 Å². The number of pyridine rings is 1. The number of hydrogen-bond donors (Lipinski definition) is 3. The molecular formula is C23H25N3O3. The summed E-state index contributed by atoms with van der Waals surface area (Å²) in [7, 11) is 0. The Morgan fingerprint density at radius 1 is 1.28 bits per heavy atom. The molecule has 6 heteroatoms. The van der Waals surface area contributed by atoms with Crippen LogP contribution in [0.1, 0.15) is 25.3 Å². The number of amides is 1. The molecule has 29 heavy (non-hydrogen) atoms. The molecule has 0 spiro atoms. The van der Waals surface area contributed by atoms with Gasteiger partial charge in [-0.2, -0.15) is 0 Å². The predicted molar refractivity (Wildman–Crippen MR) is 114 cm³/mol. The molecule has 0 bridgehead atoms. The van der Waals surface area contributed by atoms with Gasteiger partial charge in [0.05, 0.1) is 11.5 Å². The lowest BCUT2D eigenvalue weighted by Crippen LogP contribution is -2.36. The van der Waals surface area contributed by atoms with E-state index in [-0.39, 0.29) is 18.0 Å². The first kappa shape index (κ1) is 21.6. The smallest absolute Gasteiger partial charge is 0.334 e. The second-order valence-corrected chi connectivity index (χ2v) is 6.45. The van der Waals surface area contributed by atoms with Crippen LogP contribution in [0, 0.1) is 0 Å². The van der Waals surface area contributed by atoms with Crippen LogP contribution in [0.4, 0.5) is 0 Å². The topological polar surface area (TPSA) is 91.3 Å². The Labute approximate surface area is 170 Å². The lowest BCUT2D eigenvalue weighted by molar-refractivity contribution is -0.133. The van der Waals surface area contributed by atoms with Gasteiger partial charge < -0.3 is 15.7 Å². The van der Waals surface area contributed by atoms with E-state index in [0.717, 1.165) is 5.57 Å². The van der Waals surface area contributed by atoms with Gasteiger partial charge in [-0.25, -0.2) is 4.79 Å². The first-order valence-corrected chi connectivity index (χ1v) is 9.12. The van der Waals surface area contributed by atoms with Crippen LogP contribution in [0.25, 0.3) is 0 Å². The molecule has 1 atom stereocenters. The largest absolute Gasteiger partial charge is 0.478 e. The number of dihydropyridines is 1. The highest BCUT2D eigenvalue weighted by Gasteiger charge is 2.36. The van der Waals surface area contributed by atoms with Gasteiger partial charge in [-0.1, -0.05) is 49.6 Å². The molecule has 150 valence electrons. The molecule has 1 aliphatic heterocycles. The van der Waals surface area contributed by atoms with Crippen LogP contribution >= 0.6 is 0 Å². The standard InChI is InChI=1S/C23H25N3O3/c1-5-9-17(6-2)10-7-13-25-22(27)19-15(3)26-16(4)20(23(28)29)21(19)18-11-8-12-24-14-18/h5-12,14,21,26H,1-2,13H2,3-4H3,(H,25,27)(H,28,29)/b10-7+,17-9+. The minimum Gasteiger partial charge on any atom is -0.478 e. The van der Waals surface area contributed by atoms with Crippen molar-refractivity contribution in [2.75, 3.05) is 6.54 Å². The summed E-state index contributed by atoms with van der Waals surface area (Å²) in [5.74, 6) is -2.13. The summed E-state index contributed by atoms with van der Waals surface area (Å²) < 4.78 is 0. The van der Waals surface area contributed by atoms with Crippen molar-refractivity contribution in [1.82, 2.24) is 15.6 Å². The maximum atomic E-state index is 13.0. The fraction of sp³-hybridized carbons (Fsp3) is 0.174. The molecular weight excluding hydrogens is 366 g/mol. The molecule has 1 aromatic heterocycles. The third-order valence-corrected chi connectivity index (χ3v) is 4.49. The summed E-state index contributed by atoms with van der Waals surface area (Å²) >= 11 is 0. The molecule has 0 saturated heterocycles. The lowest BCUT2D eigenvalue weighted by Gasteiger charge is -2.29. The monoisotopic (exact) mass is 391 g/mol. The second-order valence-electron chi connectivity index (χ2n) is 6.45. The number of nitrogens with one attached hydrogen (secondary N) is 2. The molecule has 0 radical (unpaired) electrons.